The third-order valence-electron chi connectivity index (χ3n) is 5.32. The number of aryl methyl sites for hydroxylation is 1. The van der Waals surface area contributed by atoms with Crippen LogP contribution in [0.5, 0.6) is 0 Å². The lowest BCUT2D eigenvalue weighted by molar-refractivity contribution is -0.132. The lowest BCUT2D eigenvalue weighted by atomic mass is 10.0. The molecule has 3 rings (SSSR count). The van der Waals surface area contributed by atoms with Crippen LogP contribution >= 0.6 is 0 Å². The van der Waals surface area contributed by atoms with Gasteiger partial charge in [-0.3, -0.25) is 14.8 Å². The summed E-state index contributed by atoms with van der Waals surface area (Å²) < 4.78 is 0. The van der Waals surface area contributed by atoms with Crippen LogP contribution in [0.2, 0.25) is 0 Å². The maximum atomic E-state index is 12.5. The molecule has 1 aromatic heterocycles. The molecule has 1 aliphatic heterocycles. The number of rotatable bonds is 5. The number of nitrogens with zero attached hydrogens (tertiary/aromatic N) is 3. The van der Waals surface area contributed by atoms with E-state index in [1.54, 1.807) is 0 Å². The highest BCUT2D eigenvalue weighted by Crippen LogP contribution is 2.24. The van der Waals surface area contributed by atoms with Gasteiger partial charge in [0.15, 0.2) is 0 Å². The molecule has 0 spiro atoms. The largest absolute Gasteiger partial charge is 0.391 e. The van der Waals surface area contributed by atoms with Gasteiger partial charge in [0, 0.05) is 30.7 Å². The Morgan fingerprint density at radius 3 is 2.83 bits per heavy atom. The van der Waals surface area contributed by atoms with Crippen LogP contribution in [0.1, 0.15) is 37.1 Å². The van der Waals surface area contributed by atoms with E-state index in [-0.39, 0.29) is 11.8 Å². The number of aliphatic hydroxyl groups excluding tert-OH is 1. The van der Waals surface area contributed by atoms with E-state index in [1.165, 1.54) is 25.7 Å². The van der Waals surface area contributed by atoms with Crippen molar-refractivity contribution in [2.75, 3.05) is 26.7 Å². The molecule has 1 aromatic rings. The predicted molar refractivity (Wildman–Crippen MR) is 88.0 cm³/mol. The van der Waals surface area contributed by atoms with Crippen LogP contribution in [0.15, 0.2) is 6.07 Å². The van der Waals surface area contributed by atoms with E-state index in [2.05, 4.69) is 15.1 Å². The number of H-pyrrole nitrogens is 1. The van der Waals surface area contributed by atoms with Crippen molar-refractivity contribution in [3.63, 3.8) is 0 Å². The summed E-state index contributed by atoms with van der Waals surface area (Å²) in [5.41, 5.74) is 1.99. The number of carbonyl (C=O) groups is 1. The van der Waals surface area contributed by atoms with Crippen LogP contribution in [-0.4, -0.2) is 69.8 Å². The fraction of sp³-hybridized carbons (Fsp3) is 0.765. The first-order valence-corrected chi connectivity index (χ1v) is 8.70. The lowest BCUT2D eigenvalue weighted by Crippen LogP contribution is -2.41. The molecule has 2 fully saturated rings. The van der Waals surface area contributed by atoms with Gasteiger partial charge in [0.1, 0.15) is 0 Å². The Morgan fingerprint density at radius 2 is 2.17 bits per heavy atom. The molecular formula is C17H28N4O2. The van der Waals surface area contributed by atoms with Crippen molar-refractivity contribution in [1.29, 1.82) is 0 Å². The van der Waals surface area contributed by atoms with E-state index in [9.17, 15) is 9.90 Å². The van der Waals surface area contributed by atoms with Gasteiger partial charge >= 0.3 is 0 Å². The second-order valence-corrected chi connectivity index (χ2v) is 7.23. The van der Waals surface area contributed by atoms with Crippen molar-refractivity contribution in [1.82, 2.24) is 20.0 Å². The molecule has 6 heteroatoms. The summed E-state index contributed by atoms with van der Waals surface area (Å²) in [6, 6.07) is 2.56. The number of aliphatic hydroxyl groups is 1. The topological polar surface area (TPSA) is 72.5 Å². The summed E-state index contributed by atoms with van der Waals surface area (Å²) in [4.78, 5) is 16.5. The average Bonchev–Trinajstić information content (AvgIpc) is 3.22. The number of likely N-dealkylation sites (N-methyl/N-ethyl adjacent to an activating group) is 1. The second-order valence-electron chi connectivity index (χ2n) is 7.23. The average molecular weight is 320 g/mol. The van der Waals surface area contributed by atoms with Gasteiger partial charge in [0.2, 0.25) is 5.91 Å². The van der Waals surface area contributed by atoms with Gasteiger partial charge in [-0.15, -0.1) is 0 Å². The molecule has 1 amide bonds. The first-order valence-electron chi connectivity index (χ1n) is 8.70. The van der Waals surface area contributed by atoms with Gasteiger partial charge in [-0.05, 0) is 39.3 Å². The molecule has 2 N–H and O–H groups in total. The van der Waals surface area contributed by atoms with Crippen LogP contribution in [0, 0.1) is 12.8 Å². The fourth-order valence-electron chi connectivity index (χ4n) is 3.89. The third kappa shape index (κ3) is 3.93. The SMILES string of the molecule is Cc1cc(CC2CN(C(=O)CN(C)C3CCCC3)CC2O)n[nH]1. The number of hydrogen-bond donors (Lipinski definition) is 2. The first-order chi connectivity index (χ1) is 11.0. The molecule has 0 radical (unpaired) electrons. The number of likely N-dealkylation sites (tertiary alicyclic amines) is 1. The monoisotopic (exact) mass is 320 g/mol. The van der Waals surface area contributed by atoms with E-state index < -0.39 is 6.10 Å². The summed E-state index contributed by atoms with van der Waals surface area (Å²) in [6.45, 7) is 3.51. The van der Waals surface area contributed by atoms with Crippen molar-refractivity contribution in [3.05, 3.63) is 17.5 Å². The molecule has 1 saturated heterocycles. The molecule has 2 heterocycles. The Kier molecular flexibility index (Phi) is 5.02. The Bertz CT molecular complexity index is 538. The summed E-state index contributed by atoms with van der Waals surface area (Å²) in [6.07, 6.45) is 5.22. The fourth-order valence-corrected chi connectivity index (χ4v) is 3.89. The van der Waals surface area contributed by atoms with Crippen molar-refractivity contribution in [2.24, 2.45) is 5.92 Å². The van der Waals surface area contributed by atoms with Crippen molar-refractivity contribution >= 4 is 5.91 Å². The van der Waals surface area contributed by atoms with E-state index in [4.69, 9.17) is 0 Å². The zero-order valence-electron chi connectivity index (χ0n) is 14.2. The molecular weight excluding hydrogens is 292 g/mol. The van der Waals surface area contributed by atoms with Crippen molar-refractivity contribution in [3.8, 4) is 0 Å². The van der Waals surface area contributed by atoms with Gasteiger partial charge in [-0.1, -0.05) is 12.8 Å². The highest BCUT2D eigenvalue weighted by atomic mass is 16.3. The summed E-state index contributed by atoms with van der Waals surface area (Å²) >= 11 is 0. The quantitative estimate of drug-likeness (QED) is 0.847. The number of nitrogens with one attached hydrogen (secondary N) is 1. The van der Waals surface area contributed by atoms with E-state index >= 15 is 0 Å². The van der Waals surface area contributed by atoms with Gasteiger partial charge < -0.3 is 10.0 Å². The second kappa shape index (κ2) is 7.01. The van der Waals surface area contributed by atoms with Crippen molar-refractivity contribution < 1.29 is 9.90 Å². The molecule has 0 aromatic carbocycles. The normalized spacial score (nSPS) is 25.7. The van der Waals surface area contributed by atoms with E-state index in [0.717, 1.165) is 11.4 Å². The first kappa shape index (κ1) is 16.5. The third-order valence-corrected chi connectivity index (χ3v) is 5.32. The minimum absolute atomic E-state index is 0.0819. The van der Waals surface area contributed by atoms with Crippen LogP contribution in [0.3, 0.4) is 0 Å². The zero-order chi connectivity index (χ0) is 16.4. The molecule has 0 bridgehead atoms. The number of hydrogen-bond acceptors (Lipinski definition) is 4. The molecule has 2 aliphatic rings. The van der Waals surface area contributed by atoms with Gasteiger partial charge in [-0.2, -0.15) is 5.10 Å². The summed E-state index contributed by atoms with van der Waals surface area (Å²) in [5, 5.41) is 17.4. The van der Waals surface area contributed by atoms with Crippen molar-refractivity contribution in [2.45, 2.75) is 51.2 Å². The smallest absolute Gasteiger partial charge is 0.236 e. The standard InChI is InChI=1S/C17H28N4O2/c1-12-7-14(19-18-12)8-13-9-21(10-16(13)22)17(23)11-20(2)15-5-3-4-6-15/h7,13,15-16,22H,3-6,8-11H2,1-2H3,(H,18,19). The number of amides is 1. The van der Waals surface area contributed by atoms with Gasteiger partial charge in [-0.25, -0.2) is 0 Å². The molecule has 1 aliphatic carbocycles. The Hall–Kier alpha value is -1.40. The number of aromatic amines is 1. The molecule has 1 saturated carbocycles. The Balaban J connectivity index is 1.51. The number of carbonyl (C=O) groups excluding carboxylic acids is 1. The van der Waals surface area contributed by atoms with Crippen LogP contribution in [0.25, 0.3) is 0 Å². The minimum Gasteiger partial charge on any atom is -0.391 e. The maximum Gasteiger partial charge on any atom is 0.236 e. The highest BCUT2D eigenvalue weighted by molar-refractivity contribution is 5.78. The van der Waals surface area contributed by atoms with Crippen LogP contribution in [0.4, 0.5) is 0 Å². The van der Waals surface area contributed by atoms with Gasteiger partial charge in [0.25, 0.3) is 0 Å². The van der Waals surface area contributed by atoms with Crippen LogP contribution < -0.4 is 0 Å². The molecule has 6 nitrogen and oxygen atoms in total. The summed E-state index contributed by atoms with van der Waals surface area (Å²) in [5.74, 6) is 0.220. The molecule has 23 heavy (non-hydrogen) atoms. The van der Waals surface area contributed by atoms with E-state index in [1.807, 2.05) is 24.9 Å². The molecule has 2 unspecified atom stereocenters. The zero-order valence-corrected chi connectivity index (χ0v) is 14.2. The maximum absolute atomic E-state index is 12.5. The Morgan fingerprint density at radius 1 is 1.43 bits per heavy atom. The van der Waals surface area contributed by atoms with Crippen LogP contribution in [-0.2, 0) is 11.2 Å². The highest BCUT2D eigenvalue weighted by Gasteiger charge is 2.35. The minimum atomic E-state index is -0.451. The van der Waals surface area contributed by atoms with Gasteiger partial charge in [0.05, 0.1) is 18.3 Å². The molecule has 128 valence electrons. The summed E-state index contributed by atoms with van der Waals surface area (Å²) in [7, 11) is 2.05. The number of β-amino-alcohol motifs (C(OH)–C–C–N with tert-alkyl or cyclic N) is 1. The van der Waals surface area contributed by atoms with E-state index in [0.29, 0.717) is 32.1 Å². The molecule has 2 atom stereocenters. The predicted octanol–water partition coefficient (Wildman–Crippen LogP) is 0.954. The Labute approximate surface area is 137 Å². The number of aromatic nitrogens is 2. The lowest BCUT2D eigenvalue weighted by Gasteiger charge is -2.26.